The van der Waals surface area contributed by atoms with Crippen molar-refractivity contribution in [1.82, 2.24) is 14.3 Å². The molecular weight excluding hydrogens is 406 g/mol. The number of methoxy groups -OCH3 is 1. The molecule has 3 rings (SSSR count). The summed E-state index contributed by atoms with van der Waals surface area (Å²) in [7, 11) is 1.64. The van der Waals surface area contributed by atoms with Crippen molar-refractivity contribution in [3.8, 4) is 5.69 Å². The third-order valence-electron chi connectivity index (χ3n) is 5.47. The highest BCUT2D eigenvalue weighted by Crippen LogP contribution is 2.19. The second kappa shape index (κ2) is 10.2. The predicted molar refractivity (Wildman–Crippen MR) is 123 cm³/mol. The molecule has 0 fully saturated rings. The van der Waals surface area contributed by atoms with Crippen LogP contribution in [0.15, 0.2) is 42.5 Å². The Morgan fingerprint density at radius 3 is 2.47 bits per heavy atom. The van der Waals surface area contributed by atoms with E-state index in [-0.39, 0.29) is 12.4 Å². The van der Waals surface area contributed by atoms with Gasteiger partial charge in [0, 0.05) is 47.9 Å². The second-order valence-corrected chi connectivity index (χ2v) is 7.63. The number of carbonyl (C=O) groups is 2. The Morgan fingerprint density at radius 2 is 1.78 bits per heavy atom. The Hall–Kier alpha value is -3.45. The minimum absolute atomic E-state index is 0.229. The fourth-order valence-corrected chi connectivity index (χ4v) is 3.74. The first-order valence-electron chi connectivity index (χ1n) is 10.5. The standard InChI is InChI=1S/C25H29N3O4/c1-17-15-23(19(3)27(17)13-14-31-5)24(29)16-32-25(30)12-11-22-18(2)26-28(20(22)4)21-9-7-6-8-10-21/h6-12,15H,13-14,16H2,1-5H3. The number of carbonyl (C=O) groups excluding carboxylic acids is 2. The summed E-state index contributed by atoms with van der Waals surface area (Å²) >= 11 is 0. The molecule has 0 saturated heterocycles. The number of hydrogen-bond acceptors (Lipinski definition) is 5. The number of aryl methyl sites for hydroxylation is 2. The van der Waals surface area contributed by atoms with Crippen LogP contribution in [0.2, 0.25) is 0 Å². The topological polar surface area (TPSA) is 75.3 Å². The maximum Gasteiger partial charge on any atom is 0.331 e. The van der Waals surface area contributed by atoms with Gasteiger partial charge in [0.15, 0.2) is 6.61 Å². The van der Waals surface area contributed by atoms with Gasteiger partial charge in [0.2, 0.25) is 5.78 Å². The lowest BCUT2D eigenvalue weighted by atomic mass is 10.1. The van der Waals surface area contributed by atoms with Crippen molar-refractivity contribution in [3.05, 3.63) is 76.4 Å². The van der Waals surface area contributed by atoms with Crippen molar-refractivity contribution in [2.24, 2.45) is 0 Å². The summed E-state index contributed by atoms with van der Waals surface area (Å²) in [6.45, 7) is 8.57. The quantitative estimate of drug-likeness (QED) is 0.289. The molecule has 2 heterocycles. The first-order valence-corrected chi connectivity index (χ1v) is 10.5. The van der Waals surface area contributed by atoms with E-state index < -0.39 is 5.97 Å². The van der Waals surface area contributed by atoms with E-state index in [9.17, 15) is 9.59 Å². The van der Waals surface area contributed by atoms with E-state index >= 15 is 0 Å². The fraction of sp³-hybridized carbons (Fsp3) is 0.320. The first-order chi connectivity index (χ1) is 15.3. The Kier molecular flexibility index (Phi) is 7.43. The normalized spacial score (nSPS) is 11.3. The van der Waals surface area contributed by atoms with Crippen LogP contribution in [0.5, 0.6) is 0 Å². The van der Waals surface area contributed by atoms with Gasteiger partial charge in [0.1, 0.15) is 0 Å². The zero-order valence-corrected chi connectivity index (χ0v) is 19.2. The number of nitrogens with zero attached hydrogens (tertiary/aromatic N) is 3. The van der Waals surface area contributed by atoms with Gasteiger partial charge in [-0.05, 0) is 52.0 Å². The van der Waals surface area contributed by atoms with Gasteiger partial charge in [-0.2, -0.15) is 5.10 Å². The lowest BCUT2D eigenvalue weighted by molar-refractivity contribution is -0.136. The minimum atomic E-state index is -0.571. The largest absolute Gasteiger partial charge is 0.454 e. The molecule has 0 radical (unpaired) electrons. The Morgan fingerprint density at radius 1 is 1.06 bits per heavy atom. The van der Waals surface area contributed by atoms with Crippen LogP contribution in [0.3, 0.4) is 0 Å². The smallest absolute Gasteiger partial charge is 0.331 e. The van der Waals surface area contributed by atoms with Crippen molar-refractivity contribution >= 4 is 17.8 Å². The summed E-state index contributed by atoms with van der Waals surface area (Å²) in [5.74, 6) is -0.800. The molecule has 0 aliphatic rings. The van der Waals surface area contributed by atoms with Gasteiger partial charge in [0.25, 0.3) is 0 Å². The number of rotatable bonds is 9. The molecule has 3 aromatic rings. The third-order valence-corrected chi connectivity index (χ3v) is 5.47. The molecule has 0 aliphatic carbocycles. The molecule has 0 aliphatic heterocycles. The van der Waals surface area contributed by atoms with Crippen LogP contribution in [0.25, 0.3) is 11.8 Å². The fourth-order valence-electron chi connectivity index (χ4n) is 3.74. The van der Waals surface area contributed by atoms with Crippen LogP contribution in [0.4, 0.5) is 0 Å². The molecule has 1 aromatic carbocycles. The van der Waals surface area contributed by atoms with E-state index in [1.165, 1.54) is 6.08 Å². The summed E-state index contributed by atoms with van der Waals surface area (Å²) in [4.78, 5) is 24.8. The molecule has 32 heavy (non-hydrogen) atoms. The highest BCUT2D eigenvalue weighted by molar-refractivity contribution is 6.00. The molecule has 0 bridgehead atoms. The number of aromatic nitrogens is 3. The maximum atomic E-state index is 12.6. The number of Topliss-reactive ketones (excluding diaryl/α,β-unsaturated/α-hetero) is 1. The van der Waals surface area contributed by atoms with Crippen LogP contribution in [-0.2, 0) is 20.8 Å². The van der Waals surface area contributed by atoms with Crippen molar-refractivity contribution in [2.45, 2.75) is 34.2 Å². The van der Waals surface area contributed by atoms with Crippen molar-refractivity contribution in [1.29, 1.82) is 0 Å². The van der Waals surface area contributed by atoms with Crippen molar-refractivity contribution in [2.75, 3.05) is 20.3 Å². The van der Waals surface area contributed by atoms with Gasteiger partial charge < -0.3 is 14.0 Å². The molecule has 7 nitrogen and oxygen atoms in total. The molecule has 0 unspecified atom stereocenters. The number of benzene rings is 1. The Balaban J connectivity index is 1.65. The van der Waals surface area contributed by atoms with Gasteiger partial charge in [-0.15, -0.1) is 0 Å². The maximum absolute atomic E-state index is 12.6. The van der Waals surface area contributed by atoms with E-state index in [0.29, 0.717) is 18.7 Å². The van der Waals surface area contributed by atoms with E-state index in [4.69, 9.17) is 9.47 Å². The van der Waals surface area contributed by atoms with Crippen LogP contribution in [-0.4, -0.2) is 46.4 Å². The number of para-hydroxylation sites is 1. The van der Waals surface area contributed by atoms with E-state index in [2.05, 4.69) is 5.10 Å². The summed E-state index contributed by atoms with van der Waals surface area (Å²) < 4.78 is 14.2. The SMILES string of the molecule is COCCn1c(C)cc(C(=O)COC(=O)C=Cc2c(C)nn(-c3ccccc3)c2C)c1C. The van der Waals surface area contributed by atoms with Gasteiger partial charge in [-0.3, -0.25) is 4.79 Å². The van der Waals surface area contributed by atoms with Crippen molar-refractivity contribution in [3.63, 3.8) is 0 Å². The first kappa shape index (κ1) is 23.2. The van der Waals surface area contributed by atoms with Gasteiger partial charge >= 0.3 is 5.97 Å². The summed E-state index contributed by atoms with van der Waals surface area (Å²) in [5, 5.41) is 4.56. The van der Waals surface area contributed by atoms with Crippen LogP contribution >= 0.6 is 0 Å². The molecular formula is C25H29N3O4. The zero-order chi connectivity index (χ0) is 23.3. The number of ether oxygens (including phenoxy) is 2. The predicted octanol–water partition coefficient (Wildman–Crippen LogP) is 3.99. The van der Waals surface area contributed by atoms with E-state index in [1.807, 2.05) is 73.3 Å². The highest BCUT2D eigenvalue weighted by atomic mass is 16.5. The van der Waals surface area contributed by atoms with Crippen LogP contribution in [0.1, 0.15) is 38.7 Å². The van der Waals surface area contributed by atoms with E-state index in [1.54, 1.807) is 13.2 Å². The molecule has 168 valence electrons. The Labute approximate surface area is 188 Å². The lowest BCUT2D eigenvalue weighted by Crippen LogP contribution is -2.14. The number of esters is 1. The minimum Gasteiger partial charge on any atom is -0.454 e. The Bertz CT molecular complexity index is 1140. The molecule has 0 atom stereocenters. The van der Waals surface area contributed by atoms with Crippen LogP contribution in [0, 0.1) is 27.7 Å². The van der Waals surface area contributed by atoms with E-state index in [0.717, 1.165) is 34.0 Å². The number of hydrogen-bond donors (Lipinski definition) is 0. The molecule has 0 N–H and O–H groups in total. The second-order valence-electron chi connectivity index (χ2n) is 7.63. The number of ketones is 1. The lowest BCUT2D eigenvalue weighted by Gasteiger charge is -2.08. The highest BCUT2D eigenvalue weighted by Gasteiger charge is 2.17. The average Bonchev–Trinajstić information content (AvgIpc) is 3.24. The average molecular weight is 436 g/mol. The van der Waals surface area contributed by atoms with Gasteiger partial charge in [-0.1, -0.05) is 18.2 Å². The monoisotopic (exact) mass is 435 g/mol. The molecule has 0 spiro atoms. The molecule has 0 amide bonds. The summed E-state index contributed by atoms with van der Waals surface area (Å²) in [6, 6.07) is 11.6. The summed E-state index contributed by atoms with van der Waals surface area (Å²) in [5.41, 5.74) is 5.88. The third kappa shape index (κ3) is 5.06. The molecule has 0 saturated carbocycles. The summed E-state index contributed by atoms with van der Waals surface area (Å²) in [6.07, 6.45) is 3.02. The van der Waals surface area contributed by atoms with Gasteiger partial charge in [-0.25, -0.2) is 9.48 Å². The van der Waals surface area contributed by atoms with Crippen molar-refractivity contribution < 1.29 is 19.1 Å². The van der Waals surface area contributed by atoms with Crippen LogP contribution < -0.4 is 0 Å². The van der Waals surface area contributed by atoms with Gasteiger partial charge in [0.05, 0.1) is 18.0 Å². The molecule has 2 aromatic heterocycles. The molecule has 7 heteroatoms. The zero-order valence-electron chi connectivity index (χ0n) is 19.2.